The van der Waals surface area contributed by atoms with Crippen molar-refractivity contribution in [3.63, 3.8) is 0 Å². The molecule has 0 bridgehead atoms. The molecule has 0 heterocycles. The zero-order valence-electron chi connectivity index (χ0n) is 13.2. The Kier molecular flexibility index (Phi) is 5.19. The molecule has 2 aromatic carbocycles. The SMILES string of the molecule is O=C(NCCCOc1ccc(F)cc1)C1(c2cccc(Br)c2)CC1. The summed E-state index contributed by atoms with van der Waals surface area (Å²) in [7, 11) is 0. The molecular formula is C19H19BrFNO2. The van der Waals surface area contributed by atoms with Gasteiger partial charge in [-0.15, -0.1) is 0 Å². The molecule has 1 amide bonds. The van der Waals surface area contributed by atoms with Gasteiger partial charge in [0, 0.05) is 11.0 Å². The number of carbonyl (C=O) groups excluding carboxylic acids is 1. The summed E-state index contributed by atoms with van der Waals surface area (Å²) >= 11 is 3.46. The topological polar surface area (TPSA) is 38.3 Å². The first-order chi connectivity index (χ1) is 11.6. The first-order valence-electron chi connectivity index (χ1n) is 8.03. The van der Waals surface area contributed by atoms with E-state index in [-0.39, 0.29) is 17.1 Å². The highest BCUT2D eigenvalue weighted by atomic mass is 79.9. The minimum absolute atomic E-state index is 0.0855. The van der Waals surface area contributed by atoms with Crippen LogP contribution in [0.1, 0.15) is 24.8 Å². The fourth-order valence-corrected chi connectivity index (χ4v) is 3.12. The molecule has 0 spiro atoms. The Morgan fingerprint density at radius 1 is 1.21 bits per heavy atom. The zero-order chi connectivity index (χ0) is 17.0. The van der Waals surface area contributed by atoms with E-state index in [1.165, 1.54) is 12.1 Å². The Balaban J connectivity index is 1.43. The summed E-state index contributed by atoms with van der Waals surface area (Å²) < 4.78 is 19.3. The van der Waals surface area contributed by atoms with Crippen LogP contribution in [0.15, 0.2) is 53.0 Å². The number of nitrogens with one attached hydrogen (secondary N) is 1. The maximum absolute atomic E-state index is 12.8. The lowest BCUT2D eigenvalue weighted by Gasteiger charge is -2.16. The second-order valence-corrected chi connectivity index (χ2v) is 6.92. The Hall–Kier alpha value is -1.88. The first-order valence-corrected chi connectivity index (χ1v) is 8.82. The van der Waals surface area contributed by atoms with Crippen molar-refractivity contribution in [2.24, 2.45) is 0 Å². The molecule has 1 aliphatic carbocycles. The number of ether oxygens (including phenoxy) is 1. The summed E-state index contributed by atoms with van der Waals surface area (Å²) in [5.74, 6) is 0.440. The maximum atomic E-state index is 12.8. The lowest BCUT2D eigenvalue weighted by atomic mass is 9.95. The molecule has 1 fully saturated rings. The van der Waals surface area contributed by atoms with Gasteiger partial charge >= 0.3 is 0 Å². The number of hydrogen-bond acceptors (Lipinski definition) is 2. The van der Waals surface area contributed by atoms with Crippen molar-refractivity contribution in [2.75, 3.05) is 13.2 Å². The lowest BCUT2D eigenvalue weighted by molar-refractivity contribution is -0.123. The van der Waals surface area contributed by atoms with Crippen molar-refractivity contribution in [3.05, 3.63) is 64.4 Å². The molecule has 2 aromatic rings. The number of amides is 1. The van der Waals surface area contributed by atoms with Gasteiger partial charge in [0.1, 0.15) is 11.6 Å². The van der Waals surface area contributed by atoms with Gasteiger partial charge in [-0.25, -0.2) is 4.39 Å². The van der Waals surface area contributed by atoms with Gasteiger partial charge in [-0.2, -0.15) is 0 Å². The van der Waals surface area contributed by atoms with Crippen molar-refractivity contribution in [2.45, 2.75) is 24.7 Å². The van der Waals surface area contributed by atoms with Gasteiger partial charge in [0.25, 0.3) is 0 Å². The highest BCUT2D eigenvalue weighted by molar-refractivity contribution is 9.10. The van der Waals surface area contributed by atoms with E-state index in [1.54, 1.807) is 12.1 Å². The average molecular weight is 392 g/mol. The third-order valence-corrected chi connectivity index (χ3v) is 4.74. The number of halogens is 2. The monoisotopic (exact) mass is 391 g/mol. The number of carbonyl (C=O) groups is 1. The second-order valence-electron chi connectivity index (χ2n) is 6.00. The summed E-state index contributed by atoms with van der Waals surface area (Å²) in [5, 5.41) is 3.00. The van der Waals surface area contributed by atoms with E-state index in [0.717, 1.165) is 22.9 Å². The van der Waals surface area contributed by atoms with Crippen molar-refractivity contribution in [3.8, 4) is 5.75 Å². The number of rotatable bonds is 7. The molecule has 0 saturated heterocycles. The van der Waals surface area contributed by atoms with Crippen molar-refractivity contribution >= 4 is 21.8 Å². The van der Waals surface area contributed by atoms with Gasteiger partial charge in [-0.3, -0.25) is 4.79 Å². The summed E-state index contributed by atoms with van der Waals surface area (Å²) in [5.41, 5.74) is 0.707. The summed E-state index contributed by atoms with van der Waals surface area (Å²) in [6.45, 7) is 1.05. The van der Waals surface area contributed by atoms with Gasteiger partial charge in [-0.1, -0.05) is 28.1 Å². The number of hydrogen-bond donors (Lipinski definition) is 1. The van der Waals surface area contributed by atoms with Gasteiger partial charge in [0.15, 0.2) is 0 Å². The highest BCUT2D eigenvalue weighted by Crippen LogP contribution is 2.48. The molecule has 0 aliphatic heterocycles. The normalized spacial score (nSPS) is 14.9. The van der Waals surface area contributed by atoms with Crippen molar-refractivity contribution < 1.29 is 13.9 Å². The van der Waals surface area contributed by atoms with Crippen molar-refractivity contribution in [1.82, 2.24) is 5.32 Å². The minimum Gasteiger partial charge on any atom is -0.494 e. The molecular weight excluding hydrogens is 373 g/mol. The average Bonchev–Trinajstić information content (AvgIpc) is 3.38. The predicted octanol–water partition coefficient (Wildman–Crippen LogP) is 4.21. The maximum Gasteiger partial charge on any atom is 0.230 e. The molecule has 126 valence electrons. The van der Waals surface area contributed by atoms with Gasteiger partial charge in [-0.05, 0) is 61.2 Å². The van der Waals surface area contributed by atoms with E-state index in [2.05, 4.69) is 21.2 Å². The van der Waals surface area contributed by atoms with Crippen LogP contribution in [-0.2, 0) is 10.2 Å². The molecule has 3 rings (SSSR count). The Labute approximate surface area is 149 Å². The minimum atomic E-state index is -0.360. The van der Waals surface area contributed by atoms with Crippen LogP contribution in [0.25, 0.3) is 0 Å². The molecule has 1 saturated carbocycles. The summed E-state index contributed by atoms with van der Waals surface area (Å²) in [6.07, 6.45) is 2.49. The van der Waals surface area contributed by atoms with Gasteiger partial charge < -0.3 is 10.1 Å². The van der Waals surface area contributed by atoms with Crippen LogP contribution < -0.4 is 10.1 Å². The predicted molar refractivity (Wildman–Crippen MR) is 94.6 cm³/mol. The Bertz CT molecular complexity index is 714. The van der Waals surface area contributed by atoms with Gasteiger partial charge in [0.05, 0.1) is 12.0 Å². The van der Waals surface area contributed by atoms with E-state index in [0.29, 0.717) is 25.3 Å². The summed E-state index contributed by atoms with van der Waals surface area (Å²) in [6, 6.07) is 13.9. The van der Waals surface area contributed by atoms with E-state index < -0.39 is 0 Å². The standard InChI is InChI=1S/C19H19BrFNO2/c20-15-4-1-3-14(13-15)19(9-10-19)18(23)22-11-2-12-24-17-7-5-16(21)6-8-17/h1,3-8,13H,2,9-12H2,(H,22,23). The smallest absolute Gasteiger partial charge is 0.230 e. The van der Waals surface area contributed by atoms with Crippen LogP contribution in [0.2, 0.25) is 0 Å². The van der Waals surface area contributed by atoms with Crippen LogP contribution in [0.5, 0.6) is 5.75 Å². The Morgan fingerprint density at radius 2 is 1.96 bits per heavy atom. The molecule has 5 heteroatoms. The van der Waals surface area contributed by atoms with Crippen LogP contribution in [0.3, 0.4) is 0 Å². The highest BCUT2D eigenvalue weighted by Gasteiger charge is 2.51. The number of benzene rings is 2. The fourth-order valence-electron chi connectivity index (χ4n) is 2.72. The molecule has 0 atom stereocenters. The van der Waals surface area contributed by atoms with Crippen LogP contribution in [-0.4, -0.2) is 19.1 Å². The summed E-state index contributed by atoms with van der Waals surface area (Å²) in [4.78, 5) is 12.5. The van der Waals surface area contributed by atoms with E-state index in [9.17, 15) is 9.18 Å². The molecule has 24 heavy (non-hydrogen) atoms. The molecule has 1 aliphatic rings. The zero-order valence-corrected chi connectivity index (χ0v) is 14.8. The first kappa shape index (κ1) is 17.0. The largest absolute Gasteiger partial charge is 0.494 e. The van der Waals surface area contributed by atoms with E-state index in [4.69, 9.17) is 4.74 Å². The van der Waals surface area contributed by atoms with Crippen LogP contribution in [0.4, 0.5) is 4.39 Å². The second kappa shape index (κ2) is 7.34. The van der Waals surface area contributed by atoms with Crippen molar-refractivity contribution in [1.29, 1.82) is 0 Å². The fraction of sp³-hybridized carbons (Fsp3) is 0.316. The molecule has 0 unspecified atom stereocenters. The van der Waals surface area contributed by atoms with E-state index >= 15 is 0 Å². The quantitative estimate of drug-likeness (QED) is 0.718. The third-order valence-electron chi connectivity index (χ3n) is 4.25. The molecule has 0 aromatic heterocycles. The van der Waals surface area contributed by atoms with E-state index in [1.807, 2.05) is 24.3 Å². The van der Waals surface area contributed by atoms with Crippen LogP contribution >= 0.6 is 15.9 Å². The van der Waals surface area contributed by atoms with Crippen LogP contribution in [0, 0.1) is 5.82 Å². The van der Waals surface area contributed by atoms with Gasteiger partial charge in [0.2, 0.25) is 5.91 Å². The molecule has 0 radical (unpaired) electrons. The lowest BCUT2D eigenvalue weighted by Crippen LogP contribution is -2.35. The third kappa shape index (κ3) is 3.96. The molecule has 3 nitrogen and oxygen atoms in total. The Morgan fingerprint density at radius 3 is 2.62 bits per heavy atom. The molecule has 1 N–H and O–H groups in total.